The first-order valence-electron chi connectivity index (χ1n) is 3.96. The molecule has 16 heavy (non-hydrogen) atoms. The maximum Gasteiger partial charge on any atom is 0.410 e. The molecular weight excluding hydrogens is 321 g/mol. The van der Waals surface area contributed by atoms with Crippen LogP contribution in [0.5, 0.6) is 0 Å². The molecule has 0 atom stereocenters. The zero-order valence-electron chi connectivity index (χ0n) is 7.45. The van der Waals surface area contributed by atoms with Crippen LogP contribution in [0.15, 0.2) is 16.6 Å². The number of hydrogen-bond acceptors (Lipinski definition) is 4. The van der Waals surface area contributed by atoms with E-state index < -0.39 is 10.7 Å². The van der Waals surface area contributed by atoms with Gasteiger partial charge in [0.2, 0.25) is 0 Å². The molecule has 0 aliphatic rings. The highest BCUT2D eigenvalue weighted by Crippen LogP contribution is 2.34. The van der Waals surface area contributed by atoms with Crippen molar-refractivity contribution in [1.29, 1.82) is 0 Å². The second kappa shape index (κ2) is 4.12. The highest BCUT2D eigenvalue weighted by Gasteiger charge is 2.20. The smallest absolute Gasteiger partial charge is 0.358 e. The van der Waals surface area contributed by atoms with Gasteiger partial charge in [-0.2, -0.15) is 0 Å². The summed E-state index contributed by atoms with van der Waals surface area (Å²) in [6.07, 6.45) is 0. The highest BCUT2D eigenvalue weighted by atomic mass is 79.9. The third-order valence-corrected chi connectivity index (χ3v) is 3.07. The van der Waals surface area contributed by atoms with E-state index in [1.54, 1.807) is 6.07 Å². The van der Waals surface area contributed by atoms with E-state index in [4.69, 9.17) is 23.2 Å². The van der Waals surface area contributed by atoms with Gasteiger partial charge in [0, 0.05) is 14.9 Å². The number of nitro groups is 1. The molecule has 8 heteroatoms. The van der Waals surface area contributed by atoms with Gasteiger partial charge in [0.25, 0.3) is 0 Å². The van der Waals surface area contributed by atoms with Gasteiger partial charge in [-0.05, 0) is 38.1 Å². The fraction of sp³-hybridized carbons (Fsp3) is 0. The first-order valence-corrected chi connectivity index (χ1v) is 5.51. The quantitative estimate of drug-likeness (QED) is 0.594. The number of hydrogen-bond donors (Lipinski definition) is 0. The van der Waals surface area contributed by atoms with E-state index in [0.717, 1.165) is 0 Å². The maximum atomic E-state index is 10.6. The van der Waals surface area contributed by atoms with E-state index in [1.165, 1.54) is 6.07 Å². The minimum atomic E-state index is -0.691. The lowest BCUT2D eigenvalue weighted by Crippen LogP contribution is -1.97. The van der Waals surface area contributed by atoms with Gasteiger partial charge in [0.05, 0.1) is 5.10 Å². The predicted octanol–water partition coefficient (Wildman–Crippen LogP) is 3.61. The molecule has 0 N–H and O–H groups in total. The summed E-state index contributed by atoms with van der Waals surface area (Å²) < 4.78 is 0.583. The van der Waals surface area contributed by atoms with Crippen LogP contribution in [0.25, 0.3) is 10.9 Å². The molecule has 2 rings (SSSR count). The topological polar surface area (TPSA) is 68.9 Å². The van der Waals surface area contributed by atoms with Gasteiger partial charge in [-0.3, -0.25) is 0 Å². The third kappa shape index (κ3) is 1.83. The highest BCUT2D eigenvalue weighted by molar-refractivity contribution is 9.10. The molecule has 0 amide bonds. The van der Waals surface area contributed by atoms with Crippen molar-refractivity contribution in [1.82, 2.24) is 10.2 Å². The Morgan fingerprint density at radius 3 is 2.62 bits per heavy atom. The Morgan fingerprint density at radius 2 is 2.00 bits per heavy atom. The molecule has 2 aromatic rings. The van der Waals surface area contributed by atoms with Crippen LogP contribution >= 0.6 is 39.1 Å². The van der Waals surface area contributed by atoms with E-state index in [-0.39, 0.29) is 5.02 Å². The maximum absolute atomic E-state index is 10.6. The summed E-state index contributed by atoms with van der Waals surface area (Å²) >= 11 is 14.9. The zero-order chi connectivity index (χ0) is 11.9. The van der Waals surface area contributed by atoms with Gasteiger partial charge in [0.1, 0.15) is 5.52 Å². The van der Waals surface area contributed by atoms with E-state index in [0.29, 0.717) is 20.4 Å². The molecule has 0 bridgehead atoms. The van der Waals surface area contributed by atoms with Crippen LogP contribution < -0.4 is 0 Å². The molecule has 0 saturated heterocycles. The van der Waals surface area contributed by atoms with Gasteiger partial charge in [-0.15, -0.1) is 0 Å². The van der Waals surface area contributed by atoms with E-state index in [1.807, 2.05) is 0 Å². The number of nitrogens with zero attached hydrogens (tertiary/aromatic N) is 3. The molecule has 0 saturated carbocycles. The van der Waals surface area contributed by atoms with Gasteiger partial charge in [0.15, 0.2) is 5.02 Å². The second-order valence-corrected chi connectivity index (χ2v) is 4.55. The first-order chi connectivity index (χ1) is 7.50. The van der Waals surface area contributed by atoms with Crippen LogP contribution in [0.1, 0.15) is 0 Å². The van der Waals surface area contributed by atoms with E-state index >= 15 is 0 Å². The average molecular weight is 323 g/mol. The summed E-state index contributed by atoms with van der Waals surface area (Å²) in [4.78, 5) is 9.92. The Hall–Kier alpha value is -0.980. The van der Waals surface area contributed by atoms with Gasteiger partial charge < -0.3 is 10.1 Å². The van der Waals surface area contributed by atoms with Crippen molar-refractivity contribution in [3.63, 3.8) is 0 Å². The molecule has 1 aromatic carbocycles. The van der Waals surface area contributed by atoms with Crippen LogP contribution in [0.3, 0.4) is 0 Å². The zero-order valence-corrected chi connectivity index (χ0v) is 10.5. The monoisotopic (exact) mass is 321 g/mol. The Balaban J connectivity index is 2.89. The molecule has 0 spiro atoms. The molecule has 0 unspecified atom stereocenters. The average Bonchev–Trinajstić information content (AvgIpc) is 2.19. The van der Waals surface area contributed by atoms with Crippen LogP contribution in [-0.4, -0.2) is 15.1 Å². The van der Waals surface area contributed by atoms with Crippen molar-refractivity contribution >= 4 is 55.9 Å². The lowest BCUT2D eigenvalue weighted by atomic mass is 10.2. The molecule has 0 aliphatic heterocycles. The third-order valence-electron chi connectivity index (χ3n) is 1.88. The molecular formula is C8H2BrCl2N3O2. The van der Waals surface area contributed by atoms with Crippen molar-refractivity contribution in [2.75, 3.05) is 0 Å². The molecule has 1 heterocycles. The van der Waals surface area contributed by atoms with Crippen LogP contribution in [0.2, 0.25) is 10.0 Å². The van der Waals surface area contributed by atoms with Crippen molar-refractivity contribution in [2.24, 2.45) is 0 Å². The summed E-state index contributed by atoms with van der Waals surface area (Å²) in [5, 5.41) is 18.5. The van der Waals surface area contributed by atoms with Crippen molar-refractivity contribution in [3.8, 4) is 0 Å². The number of benzene rings is 1. The second-order valence-electron chi connectivity index (χ2n) is 2.88. The molecule has 1 aromatic heterocycles. The van der Waals surface area contributed by atoms with Crippen LogP contribution in [0, 0.1) is 10.1 Å². The Bertz CT molecular complexity index is 605. The predicted molar refractivity (Wildman–Crippen MR) is 63.9 cm³/mol. The largest absolute Gasteiger partial charge is 0.410 e. The Labute approximate surface area is 108 Å². The summed E-state index contributed by atoms with van der Waals surface area (Å²) in [5.41, 5.74) is 0.431. The fourth-order valence-corrected chi connectivity index (χ4v) is 2.35. The summed E-state index contributed by atoms with van der Waals surface area (Å²) in [5.74, 6) is -0.483. The van der Waals surface area contributed by atoms with Gasteiger partial charge in [-0.1, -0.05) is 23.2 Å². The summed E-state index contributed by atoms with van der Waals surface area (Å²) in [6, 6.07) is 3.12. The Morgan fingerprint density at radius 1 is 1.31 bits per heavy atom. The number of fused-ring (bicyclic) bond motifs is 1. The van der Waals surface area contributed by atoms with Crippen molar-refractivity contribution in [3.05, 3.63) is 36.8 Å². The summed E-state index contributed by atoms with van der Waals surface area (Å²) in [7, 11) is 0. The van der Waals surface area contributed by atoms with Crippen molar-refractivity contribution in [2.45, 2.75) is 0 Å². The van der Waals surface area contributed by atoms with Crippen LogP contribution in [-0.2, 0) is 0 Å². The van der Waals surface area contributed by atoms with Gasteiger partial charge >= 0.3 is 5.82 Å². The molecule has 5 nitrogen and oxygen atoms in total. The normalized spacial score (nSPS) is 10.7. The van der Waals surface area contributed by atoms with E-state index in [9.17, 15) is 10.1 Å². The molecule has 0 fully saturated rings. The van der Waals surface area contributed by atoms with E-state index in [2.05, 4.69) is 26.1 Å². The standard InChI is InChI=1S/C8H2BrCl2N3O2/c9-5-2-3(10)1-4-6(11)8(14(15)16)13-12-7(4)5/h1-2H. The van der Waals surface area contributed by atoms with Crippen LogP contribution in [0.4, 0.5) is 5.82 Å². The SMILES string of the molecule is O=[N+]([O-])c1nnc2c(Br)cc(Cl)cc2c1Cl. The molecule has 0 radical (unpaired) electrons. The minimum Gasteiger partial charge on any atom is -0.358 e. The Kier molecular flexibility index (Phi) is 2.96. The van der Waals surface area contributed by atoms with Gasteiger partial charge in [-0.25, -0.2) is 0 Å². The first kappa shape index (κ1) is 11.5. The number of aromatic nitrogens is 2. The van der Waals surface area contributed by atoms with Crippen molar-refractivity contribution < 1.29 is 4.92 Å². The lowest BCUT2D eigenvalue weighted by Gasteiger charge is -2.01. The number of halogens is 3. The summed E-state index contributed by atoms with van der Waals surface area (Å²) in [6.45, 7) is 0. The molecule has 0 aliphatic carbocycles. The minimum absolute atomic E-state index is 0.0711. The fourth-order valence-electron chi connectivity index (χ4n) is 1.21. The lowest BCUT2D eigenvalue weighted by molar-refractivity contribution is -0.389. The number of rotatable bonds is 1. The molecule has 82 valence electrons.